The van der Waals surface area contributed by atoms with Crippen molar-refractivity contribution in [3.8, 4) is 17.2 Å². The minimum Gasteiger partial charge on any atom is -0.493 e. The quantitative estimate of drug-likeness (QED) is 0.633. The largest absolute Gasteiger partial charge is 0.493 e. The van der Waals surface area contributed by atoms with Gasteiger partial charge in [-0.15, -0.1) is 0 Å². The zero-order valence-corrected chi connectivity index (χ0v) is 11.8. The van der Waals surface area contributed by atoms with Gasteiger partial charge in [0, 0.05) is 11.5 Å². The molecule has 6 heteroatoms. The second-order valence-corrected chi connectivity index (χ2v) is 4.43. The van der Waals surface area contributed by atoms with E-state index >= 15 is 0 Å². The Balaban J connectivity index is 2.17. The van der Waals surface area contributed by atoms with Gasteiger partial charge in [0.25, 0.3) is 0 Å². The van der Waals surface area contributed by atoms with Gasteiger partial charge in [0.1, 0.15) is 0 Å². The standard InChI is InChI=1S/C14H18N2O4/c1-18-11-7-6-10(12(19-2)13(11)20-3)8-15-16-14(17)9-4-5-9/h6-9H,4-5H2,1-3H3,(H,16,17). The summed E-state index contributed by atoms with van der Waals surface area (Å²) in [7, 11) is 4.63. The van der Waals surface area contributed by atoms with Crippen molar-refractivity contribution in [3.05, 3.63) is 17.7 Å². The zero-order valence-electron chi connectivity index (χ0n) is 11.8. The van der Waals surface area contributed by atoms with Crippen LogP contribution in [-0.2, 0) is 4.79 Å². The Bertz CT molecular complexity index is 524. The molecule has 0 aliphatic heterocycles. The highest BCUT2D eigenvalue weighted by Crippen LogP contribution is 2.38. The number of hydrogen-bond acceptors (Lipinski definition) is 5. The molecule has 1 saturated carbocycles. The van der Waals surface area contributed by atoms with Gasteiger partial charge in [-0.25, -0.2) is 5.43 Å². The molecule has 1 amide bonds. The van der Waals surface area contributed by atoms with Crippen LogP contribution in [0.3, 0.4) is 0 Å². The Labute approximate surface area is 117 Å². The minimum atomic E-state index is -0.0410. The first kappa shape index (κ1) is 14.2. The first-order chi connectivity index (χ1) is 9.71. The summed E-state index contributed by atoms with van der Waals surface area (Å²) in [5, 5.41) is 3.94. The number of amides is 1. The van der Waals surface area contributed by atoms with Gasteiger partial charge in [-0.3, -0.25) is 4.79 Å². The third kappa shape index (κ3) is 3.01. The first-order valence-corrected chi connectivity index (χ1v) is 6.33. The molecule has 108 valence electrons. The molecule has 0 spiro atoms. The van der Waals surface area contributed by atoms with Gasteiger partial charge in [0.2, 0.25) is 11.7 Å². The fourth-order valence-electron chi connectivity index (χ4n) is 1.83. The second kappa shape index (κ2) is 6.27. The SMILES string of the molecule is COc1ccc(C=NNC(=O)C2CC2)c(OC)c1OC. The van der Waals surface area contributed by atoms with Gasteiger partial charge in [0.15, 0.2) is 11.5 Å². The zero-order chi connectivity index (χ0) is 14.5. The van der Waals surface area contributed by atoms with Crippen LogP contribution in [0, 0.1) is 5.92 Å². The summed E-state index contributed by atoms with van der Waals surface area (Å²) in [6, 6.07) is 3.54. The molecule has 6 nitrogen and oxygen atoms in total. The van der Waals surface area contributed by atoms with Crippen molar-refractivity contribution in [1.29, 1.82) is 0 Å². The van der Waals surface area contributed by atoms with E-state index in [1.807, 2.05) is 0 Å². The highest BCUT2D eigenvalue weighted by atomic mass is 16.5. The molecule has 1 fully saturated rings. The van der Waals surface area contributed by atoms with E-state index in [9.17, 15) is 4.79 Å². The average Bonchev–Trinajstić information content (AvgIpc) is 3.30. The summed E-state index contributed by atoms with van der Waals surface area (Å²) in [6.45, 7) is 0. The molecule has 1 aliphatic rings. The summed E-state index contributed by atoms with van der Waals surface area (Å²) in [4.78, 5) is 11.5. The Hall–Kier alpha value is -2.24. The van der Waals surface area contributed by atoms with E-state index in [0.29, 0.717) is 22.8 Å². The molecule has 0 bridgehead atoms. The summed E-state index contributed by atoms with van der Waals surface area (Å²) < 4.78 is 15.8. The van der Waals surface area contributed by atoms with Gasteiger partial charge in [0.05, 0.1) is 27.5 Å². The number of benzene rings is 1. The Morgan fingerprint density at radius 2 is 1.90 bits per heavy atom. The van der Waals surface area contributed by atoms with Crippen LogP contribution in [0.15, 0.2) is 17.2 Å². The number of nitrogens with zero attached hydrogens (tertiary/aromatic N) is 1. The normalized spacial score (nSPS) is 14.2. The van der Waals surface area contributed by atoms with Crippen LogP contribution < -0.4 is 19.6 Å². The molecule has 0 aromatic heterocycles. The fourth-order valence-corrected chi connectivity index (χ4v) is 1.83. The molecule has 20 heavy (non-hydrogen) atoms. The first-order valence-electron chi connectivity index (χ1n) is 6.33. The van der Waals surface area contributed by atoms with Crippen molar-refractivity contribution >= 4 is 12.1 Å². The molecule has 2 rings (SSSR count). The summed E-state index contributed by atoms with van der Waals surface area (Å²) in [6.07, 6.45) is 3.42. The smallest absolute Gasteiger partial charge is 0.243 e. The van der Waals surface area contributed by atoms with Crippen LogP contribution >= 0.6 is 0 Å². The number of methoxy groups -OCH3 is 3. The molecule has 0 radical (unpaired) electrons. The molecule has 0 saturated heterocycles. The van der Waals surface area contributed by atoms with Crippen LogP contribution in [0.2, 0.25) is 0 Å². The predicted molar refractivity (Wildman–Crippen MR) is 74.6 cm³/mol. The molecular formula is C14H18N2O4. The van der Waals surface area contributed by atoms with Crippen molar-refractivity contribution in [2.24, 2.45) is 11.0 Å². The van der Waals surface area contributed by atoms with Crippen LogP contribution in [0.25, 0.3) is 0 Å². The fraction of sp³-hybridized carbons (Fsp3) is 0.429. The van der Waals surface area contributed by atoms with Crippen LogP contribution in [-0.4, -0.2) is 33.5 Å². The van der Waals surface area contributed by atoms with E-state index in [1.165, 1.54) is 20.4 Å². The molecule has 1 N–H and O–H groups in total. The van der Waals surface area contributed by atoms with E-state index < -0.39 is 0 Å². The molecular weight excluding hydrogens is 260 g/mol. The van der Waals surface area contributed by atoms with Gasteiger partial charge in [-0.05, 0) is 25.0 Å². The number of rotatable bonds is 6. The van der Waals surface area contributed by atoms with E-state index in [-0.39, 0.29) is 11.8 Å². The van der Waals surface area contributed by atoms with Crippen molar-refractivity contribution in [2.75, 3.05) is 21.3 Å². The average molecular weight is 278 g/mol. The molecule has 0 atom stereocenters. The van der Waals surface area contributed by atoms with Crippen LogP contribution in [0.1, 0.15) is 18.4 Å². The Kier molecular flexibility index (Phi) is 4.45. The second-order valence-electron chi connectivity index (χ2n) is 4.43. The van der Waals surface area contributed by atoms with Crippen molar-refractivity contribution < 1.29 is 19.0 Å². The lowest BCUT2D eigenvalue weighted by Gasteiger charge is -2.13. The minimum absolute atomic E-state index is 0.0410. The van der Waals surface area contributed by atoms with Gasteiger partial charge in [-0.1, -0.05) is 0 Å². The Morgan fingerprint density at radius 1 is 1.20 bits per heavy atom. The molecule has 1 aromatic carbocycles. The molecule has 0 unspecified atom stereocenters. The molecule has 1 aromatic rings. The monoisotopic (exact) mass is 278 g/mol. The number of hydrazone groups is 1. The highest BCUT2D eigenvalue weighted by Gasteiger charge is 2.29. The summed E-state index contributed by atoms with van der Waals surface area (Å²) in [5.74, 6) is 1.66. The number of ether oxygens (including phenoxy) is 3. The lowest BCUT2D eigenvalue weighted by atomic mass is 10.2. The van der Waals surface area contributed by atoms with E-state index in [2.05, 4.69) is 10.5 Å². The number of hydrogen-bond donors (Lipinski definition) is 1. The van der Waals surface area contributed by atoms with Crippen molar-refractivity contribution in [3.63, 3.8) is 0 Å². The summed E-state index contributed by atoms with van der Waals surface area (Å²) in [5.41, 5.74) is 3.21. The highest BCUT2D eigenvalue weighted by molar-refractivity contribution is 5.88. The van der Waals surface area contributed by atoms with Crippen molar-refractivity contribution in [2.45, 2.75) is 12.8 Å². The number of carbonyl (C=O) groups excluding carboxylic acids is 1. The topological polar surface area (TPSA) is 69.2 Å². The van der Waals surface area contributed by atoms with Gasteiger partial charge >= 0.3 is 0 Å². The Morgan fingerprint density at radius 3 is 2.45 bits per heavy atom. The van der Waals surface area contributed by atoms with Crippen molar-refractivity contribution in [1.82, 2.24) is 5.43 Å². The maximum Gasteiger partial charge on any atom is 0.243 e. The van der Waals surface area contributed by atoms with Crippen LogP contribution in [0.4, 0.5) is 0 Å². The lowest BCUT2D eigenvalue weighted by Crippen LogP contribution is -2.19. The maximum atomic E-state index is 11.5. The maximum absolute atomic E-state index is 11.5. The van der Waals surface area contributed by atoms with Gasteiger partial charge < -0.3 is 14.2 Å². The van der Waals surface area contributed by atoms with E-state index in [1.54, 1.807) is 19.2 Å². The number of nitrogens with one attached hydrogen (secondary N) is 1. The predicted octanol–water partition coefficient (Wildman–Crippen LogP) is 1.57. The molecule has 0 heterocycles. The third-order valence-corrected chi connectivity index (χ3v) is 3.06. The summed E-state index contributed by atoms with van der Waals surface area (Å²) >= 11 is 0. The third-order valence-electron chi connectivity index (χ3n) is 3.06. The lowest BCUT2D eigenvalue weighted by molar-refractivity contribution is -0.122. The van der Waals surface area contributed by atoms with Crippen LogP contribution in [0.5, 0.6) is 17.2 Å². The number of carbonyl (C=O) groups is 1. The molecule has 1 aliphatic carbocycles. The van der Waals surface area contributed by atoms with Gasteiger partial charge in [-0.2, -0.15) is 5.10 Å². The van der Waals surface area contributed by atoms with E-state index in [0.717, 1.165) is 12.8 Å². The van der Waals surface area contributed by atoms with E-state index in [4.69, 9.17) is 14.2 Å².